The Morgan fingerprint density at radius 1 is 1.38 bits per heavy atom. The van der Waals surface area contributed by atoms with Crippen molar-refractivity contribution in [3.8, 4) is 11.8 Å². The summed E-state index contributed by atoms with van der Waals surface area (Å²) in [5.74, 6) is 8.06. The number of nitrogens with zero attached hydrogens (tertiary/aromatic N) is 1. The monoisotopic (exact) mass is 284 g/mol. The van der Waals surface area contributed by atoms with Crippen LogP contribution in [-0.2, 0) is 4.79 Å². The van der Waals surface area contributed by atoms with Crippen LogP contribution in [0.2, 0.25) is 0 Å². The lowest BCUT2D eigenvalue weighted by Crippen LogP contribution is -2.20. The first-order chi connectivity index (χ1) is 10.2. The van der Waals surface area contributed by atoms with Crippen molar-refractivity contribution in [3.05, 3.63) is 23.9 Å². The van der Waals surface area contributed by atoms with Gasteiger partial charge >= 0.3 is 0 Å². The van der Waals surface area contributed by atoms with Gasteiger partial charge in [0.1, 0.15) is 18.1 Å². The molecule has 0 saturated heterocycles. The average Bonchev–Trinajstić information content (AvgIpc) is 3.08. The molecule has 2 aliphatic rings. The molecule has 2 saturated carbocycles. The molecule has 3 atom stereocenters. The van der Waals surface area contributed by atoms with Gasteiger partial charge in [0, 0.05) is 6.42 Å². The van der Waals surface area contributed by atoms with E-state index < -0.39 is 0 Å². The van der Waals surface area contributed by atoms with Gasteiger partial charge in [-0.2, -0.15) is 0 Å². The van der Waals surface area contributed by atoms with Crippen LogP contribution in [0.15, 0.2) is 18.2 Å². The predicted molar refractivity (Wildman–Crippen MR) is 80.4 cm³/mol. The van der Waals surface area contributed by atoms with E-state index in [9.17, 15) is 4.79 Å². The number of amides is 1. The largest absolute Gasteiger partial charge is 0.384 e. The van der Waals surface area contributed by atoms with E-state index >= 15 is 0 Å². The number of carbonyl (C=O) groups is 1. The molecule has 0 aliphatic heterocycles. The maximum Gasteiger partial charge on any atom is 0.225 e. The summed E-state index contributed by atoms with van der Waals surface area (Å²) < 4.78 is 0. The molecule has 3 unspecified atom stereocenters. The normalized spacial score (nSPS) is 26.2. The number of pyridine rings is 1. The molecule has 0 radical (unpaired) electrons. The third-order valence-electron chi connectivity index (χ3n) is 4.64. The summed E-state index contributed by atoms with van der Waals surface area (Å²) in [5, 5.41) is 11.5. The number of nitrogens with one attached hydrogen (secondary N) is 1. The van der Waals surface area contributed by atoms with Crippen LogP contribution < -0.4 is 5.32 Å². The zero-order valence-electron chi connectivity index (χ0n) is 12.0. The Kier molecular flexibility index (Phi) is 4.21. The van der Waals surface area contributed by atoms with Gasteiger partial charge in [-0.15, -0.1) is 0 Å². The van der Waals surface area contributed by atoms with Gasteiger partial charge in [-0.25, -0.2) is 4.98 Å². The number of carbonyl (C=O) groups excluding carboxylic acids is 1. The Morgan fingerprint density at radius 2 is 2.29 bits per heavy atom. The quantitative estimate of drug-likeness (QED) is 0.836. The second-order valence-electron chi connectivity index (χ2n) is 6.06. The molecule has 1 amide bonds. The average molecular weight is 284 g/mol. The molecular weight excluding hydrogens is 264 g/mol. The Bertz CT molecular complexity index is 588. The van der Waals surface area contributed by atoms with E-state index in [1.807, 2.05) is 6.07 Å². The first kappa shape index (κ1) is 14.1. The van der Waals surface area contributed by atoms with Crippen molar-refractivity contribution in [3.63, 3.8) is 0 Å². The van der Waals surface area contributed by atoms with Crippen LogP contribution in [0.1, 0.15) is 37.8 Å². The van der Waals surface area contributed by atoms with Gasteiger partial charge in [0.2, 0.25) is 5.91 Å². The van der Waals surface area contributed by atoms with Crippen LogP contribution in [0.4, 0.5) is 5.82 Å². The second kappa shape index (κ2) is 6.28. The number of aliphatic hydroxyl groups is 1. The van der Waals surface area contributed by atoms with E-state index in [-0.39, 0.29) is 12.5 Å². The molecule has 2 N–H and O–H groups in total. The summed E-state index contributed by atoms with van der Waals surface area (Å²) in [7, 11) is 0. The van der Waals surface area contributed by atoms with Crippen LogP contribution in [0, 0.1) is 29.6 Å². The van der Waals surface area contributed by atoms with Gasteiger partial charge in [0.05, 0.1) is 0 Å². The van der Waals surface area contributed by atoms with Crippen molar-refractivity contribution in [2.45, 2.75) is 32.1 Å². The van der Waals surface area contributed by atoms with E-state index in [1.165, 1.54) is 25.7 Å². The minimum absolute atomic E-state index is 0.0484. The van der Waals surface area contributed by atoms with Crippen molar-refractivity contribution < 1.29 is 9.90 Å². The summed E-state index contributed by atoms with van der Waals surface area (Å²) in [6.07, 6.45) is 5.80. The minimum atomic E-state index is -0.192. The van der Waals surface area contributed by atoms with Crippen molar-refractivity contribution in [1.82, 2.24) is 4.98 Å². The number of aromatic nitrogens is 1. The zero-order chi connectivity index (χ0) is 14.7. The maximum absolute atomic E-state index is 12.1. The summed E-state index contributed by atoms with van der Waals surface area (Å²) in [6, 6.07) is 5.33. The highest BCUT2D eigenvalue weighted by Gasteiger charge is 2.40. The Morgan fingerprint density at radius 3 is 3.00 bits per heavy atom. The van der Waals surface area contributed by atoms with Crippen molar-refractivity contribution in [1.29, 1.82) is 0 Å². The molecular formula is C17H20N2O2. The van der Waals surface area contributed by atoms with Gasteiger partial charge < -0.3 is 10.4 Å². The fourth-order valence-corrected chi connectivity index (χ4v) is 3.76. The van der Waals surface area contributed by atoms with E-state index in [0.29, 0.717) is 23.9 Å². The highest BCUT2D eigenvalue weighted by molar-refractivity contribution is 5.90. The predicted octanol–water partition coefficient (Wildman–Crippen LogP) is 2.19. The summed E-state index contributed by atoms with van der Waals surface area (Å²) in [4.78, 5) is 16.4. The van der Waals surface area contributed by atoms with Crippen LogP contribution in [-0.4, -0.2) is 22.6 Å². The van der Waals surface area contributed by atoms with E-state index in [1.54, 1.807) is 12.1 Å². The molecule has 4 nitrogen and oxygen atoms in total. The fraction of sp³-hybridized carbons (Fsp3) is 0.529. The number of hydrogen-bond donors (Lipinski definition) is 2. The molecule has 1 aromatic heterocycles. The van der Waals surface area contributed by atoms with Crippen LogP contribution >= 0.6 is 0 Å². The van der Waals surface area contributed by atoms with Gasteiger partial charge in [0.25, 0.3) is 0 Å². The van der Waals surface area contributed by atoms with Crippen LogP contribution in [0.5, 0.6) is 0 Å². The van der Waals surface area contributed by atoms with Gasteiger partial charge in [-0.3, -0.25) is 4.79 Å². The molecule has 2 aliphatic carbocycles. The molecule has 21 heavy (non-hydrogen) atoms. The molecule has 2 bridgehead atoms. The molecule has 1 heterocycles. The number of fused-ring (bicyclic) bond motifs is 2. The third kappa shape index (κ3) is 3.43. The van der Waals surface area contributed by atoms with E-state index in [2.05, 4.69) is 22.1 Å². The van der Waals surface area contributed by atoms with E-state index in [4.69, 9.17) is 5.11 Å². The minimum Gasteiger partial charge on any atom is -0.384 e. The topological polar surface area (TPSA) is 62.2 Å². The van der Waals surface area contributed by atoms with Crippen LogP contribution in [0.3, 0.4) is 0 Å². The van der Waals surface area contributed by atoms with Crippen molar-refractivity contribution in [2.24, 2.45) is 17.8 Å². The Balaban J connectivity index is 1.57. The number of aliphatic hydroxyl groups excluding tert-OH is 1. The number of anilines is 1. The second-order valence-corrected chi connectivity index (χ2v) is 6.06. The smallest absolute Gasteiger partial charge is 0.225 e. The molecule has 3 rings (SSSR count). The summed E-state index contributed by atoms with van der Waals surface area (Å²) in [6.45, 7) is -0.192. The molecule has 110 valence electrons. The Labute approximate surface area is 125 Å². The first-order valence-electron chi connectivity index (χ1n) is 7.61. The number of rotatable bonds is 3. The molecule has 0 aromatic carbocycles. The first-order valence-corrected chi connectivity index (χ1v) is 7.61. The number of hydrogen-bond acceptors (Lipinski definition) is 3. The highest BCUT2D eigenvalue weighted by Crippen LogP contribution is 2.49. The fourth-order valence-electron chi connectivity index (χ4n) is 3.76. The SMILES string of the molecule is O=C(CC1CC2CCC1C2)Nc1cccc(C#CCO)n1. The van der Waals surface area contributed by atoms with Gasteiger partial charge in [0.15, 0.2) is 0 Å². The van der Waals surface area contributed by atoms with E-state index in [0.717, 1.165) is 11.8 Å². The van der Waals surface area contributed by atoms with Gasteiger partial charge in [-0.1, -0.05) is 18.4 Å². The lowest BCUT2D eigenvalue weighted by Gasteiger charge is -2.20. The third-order valence-corrected chi connectivity index (χ3v) is 4.64. The van der Waals surface area contributed by atoms with Crippen molar-refractivity contribution in [2.75, 3.05) is 11.9 Å². The van der Waals surface area contributed by atoms with Crippen LogP contribution in [0.25, 0.3) is 0 Å². The zero-order valence-corrected chi connectivity index (χ0v) is 12.0. The highest BCUT2D eigenvalue weighted by atomic mass is 16.2. The molecule has 0 spiro atoms. The summed E-state index contributed by atoms with van der Waals surface area (Å²) in [5.41, 5.74) is 0.557. The summed E-state index contributed by atoms with van der Waals surface area (Å²) >= 11 is 0. The molecule has 4 heteroatoms. The lowest BCUT2D eigenvalue weighted by molar-refractivity contribution is -0.117. The molecule has 2 fully saturated rings. The van der Waals surface area contributed by atoms with Gasteiger partial charge in [-0.05, 0) is 55.1 Å². The maximum atomic E-state index is 12.1. The molecule has 1 aromatic rings. The Hall–Kier alpha value is -1.86. The lowest BCUT2D eigenvalue weighted by atomic mass is 9.86. The van der Waals surface area contributed by atoms with Crippen molar-refractivity contribution >= 4 is 11.7 Å². The standard InChI is InChI=1S/C17H20N2O2/c20-8-2-4-15-3-1-5-16(18-15)19-17(21)11-14-10-12-6-7-13(14)9-12/h1,3,5,12-14,20H,6-11H2,(H,18,19,21).